The highest BCUT2D eigenvalue weighted by molar-refractivity contribution is 5.31. The third kappa shape index (κ3) is 4.57. The molecule has 1 fully saturated rings. The quantitative estimate of drug-likeness (QED) is 0.603. The molecule has 1 aliphatic carbocycles. The van der Waals surface area contributed by atoms with Crippen LogP contribution in [-0.2, 0) is 0 Å². The lowest BCUT2D eigenvalue weighted by Gasteiger charge is -2.29. The molecule has 2 aliphatic rings. The second kappa shape index (κ2) is 7.45. The Labute approximate surface area is 131 Å². The summed E-state index contributed by atoms with van der Waals surface area (Å²) >= 11 is 0. The molecule has 1 heteroatoms. The van der Waals surface area contributed by atoms with Crippen LogP contribution in [0.5, 0.6) is 0 Å². The summed E-state index contributed by atoms with van der Waals surface area (Å²) < 4.78 is 0. The van der Waals surface area contributed by atoms with Crippen LogP contribution >= 0.6 is 0 Å². The third-order valence-corrected chi connectivity index (χ3v) is 5.65. The number of rotatable bonds is 5. The van der Waals surface area contributed by atoms with Crippen LogP contribution in [0.4, 0.5) is 0 Å². The van der Waals surface area contributed by atoms with Crippen LogP contribution in [0, 0.1) is 5.41 Å². The maximum absolute atomic E-state index is 4.22. The highest BCUT2D eigenvalue weighted by atomic mass is 15.1. The van der Waals surface area contributed by atoms with Crippen LogP contribution in [-0.4, -0.2) is 24.5 Å². The van der Waals surface area contributed by atoms with E-state index >= 15 is 0 Å². The van der Waals surface area contributed by atoms with Crippen molar-refractivity contribution >= 4 is 0 Å². The molecule has 0 saturated carbocycles. The predicted octanol–water partition coefficient (Wildman–Crippen LogP) is 5.50. The summed E-state index contributed by atoms with van der Waals surface area (Å²) in [4.78, 5) is 2.68. The van der Waals surface area contributed by atoms with Crippen LogP contribution in [0.25, 0.3) is 0 Å². The van der Waals surface area contributed by atoms with Gasteiger partial charge < -0.3 is 4.90 Å². The van der Waals surface area contributed by atoms with E-state index in [0.29, 0.717) is 5.41 Å². The highest BCUT2D eigenvalue weighted by Gasteiger charge is 2.28. The molecule has 21 heavy (non-hydrogen) atoms. The molecule has 118 valence electrons. The second-order valence-corrected chi connectivity index (χ2v) is 7.33. The topological polar surface area (TPSA) is 3.24 Å². The van der Waals surface area contributed by atoms with E-state index in [1.54, 1.807) is 5.57 Å². The molecule has 1 heterocycles. The molecule has 1 atom stereocenters. The minimum Gasteiger partial charge on any atom is -0.303 e. The summed E-state index contributed by atoms with van der Waals surface area (Å²) in [5.74, 6) is 0. The van der Waals surface area contributed by atoms with Gasteiger partial charge in [0.25, 0.3) is 0 Å². The maximum atomic E-state index is 4.22. The van der Waals surface area contributed by atoms with Gasteiger partial charge in [-0.15, -0.1) is 0 Å². The monoisotopic (exact) mass is 287 g/mol. The second-order valence-electron chi connectivity index (χ2n) is 7.33. The van der Waals surface area contributed by atoms with Crippen LogP contribution in [0.15, 0.2) is 35.5 Å². The molecule has 0 aromatic heterocycles. The lowest BCUT2D eigenvalue weighted by Crippen LogP contribution is -2.27. The smallest absolute Gasteiger partial charge is 0.00105 e. The molecular weight excluding hydrogens is 254 g/mol. The molecular formula is C20H33N. The van der Waals surface area contributed by atoms with Crippen molar-refractivity contribution in [1.82, 2.24) is 4.90 Å². The largest absolute Gasteiger partial charge is 0.303 e. The summed E-state index contributed by atoms with van der Waals surface area (Å²) in [6.07, 6.45) is 13.8. The van der Waals surface area contributed by atoms with Gasteiger partial charge >= 0.3 is 0 Å². The Morgan fingerprint density at radius 1 is 1.24 bits per heavy atom. The van der Waals surface area contributed by atoms with E-state index in [-0.39, 0.29) is 0 Å². The molecule has 0 bridgehead atoms. The molecule has 0 N–H and O–H groups in total. The van der Waals surface area contributed by atoms with Crippen molar-refractivity contribution in [1.29, 1.82) is 0 Å². The van der Waals surface area contributed by atoms with Gasteiger partial charge in [-0.25, -0.2) is 0 Å². The molecule has 1 nitrogen and oxygen atoms in total. The summed E-state index contributed by atoms with van der Waals surface area (Å²) in [6, 6.07) is 0. The van der Waals surface area contributed by atoms with Gasteiger partial charge in [0.05, 0.1) is 0 Å². The number of likely N-dealkylation sites (tertiary alicyclic amines) is 1. The van der Waals surface area contributed by atoms with E-state index < -0.39 is 0 Å². The molecule has 1 saturated heterocycles. The molecule has 1 aliphatic heterocycles. The van der Waals surface area contributed by atoms with Crippen LogP contribution in [0.2, 0.25) is 0 Å². The van der Waals surface area contributed by atoms with Gasteiger partial charge in [0.2, 0.25) is 0 Å². The first-order valence-electron chi connectivity index (χ1n) is 8.76. The van der Waals surface area contributed by atoms with Gasteiger partial charge in [-0.3, -0.25) is 0 Å². The lowest BCUT2D eigenvalue weighted by molar-refractivity contribution is 0.266. The molecule has 0 amide bonds. The first-order valence-corrected chi connectivity index (χ1v) is 8.76. The van der Waals surface area contributed by atoms with E-state index in [1.165, 1.54) is 75.7 Å². The van der Waals surface area contributed by atoms with Gasteiger partial charge in [-0.05, 0) is 89.4 Å². The number of allylic oxidation sites excluding steroid dienone is 5. The fraction of sp³-hybridized carbons (Fsp3) is 0.700. The van der Waals surface area contributed by atoms with Crippen molar-refractivity contribution < 1.29 is 0 Å². The molecule has 0 radical (unpaired) electrons. The lowest BCUT2D eigenvalue weighted by atomic mass is 9.77. The Morgan fingerprint density at radius 3 is 2.71 bits per heavy atom. The first-order chi connectivity index (χ1) is 10.0. The Balaban J connectivity index is 1.76. The Kier molecular flexibility index (Phi) is 5.87. The zero-order chi connectivity index (χ0) is 15.3. The SMILES string of the molecule is C=C(C)C1(C)CCCN(CCCC2=CCCC=C2C)CC1. The van der Waals surface area contributed by atoms with E-state index in [4.69, 9.17) is 0 Å². The van der Waals surface area contributed by atoms with Crippen LogP contribution < -0.4 is 0 Å². The average Bonchev–Trinajstić information content (AvgIpc) is 2.64. The van der Waals surface area contributed by atoms with Crippen molar-refractivity contribution in [3.63, 3.8) is 0 Å². The van der Waals surface area contributed by atoms with Crippen molar-refractivity contribution in [3.05, 3.63) is 35.5 Å². The maximum Gasteiger partial charge on any atom is -0.00105 e. The third-order valence-electron chi connectivity index (χ3n) is 5.65. The van der Waals surface area contributed by atoms with Crippen molar-refractivity contribution in [2.24, 2.45) is 5.41 Å². The van der Waals surface area contributed by atoms with Crippen LogP contribution in [0.1, 0.15) is 65.7 Å². The summed E-state index contributed by atoms with van der Waals surface area (Å²) in [7, 11) is 0. The minimum absolute atomic E-state index is 0.375. The molecule has 0 aromatic rings. The first kappa shape index (κ1) is 16.5. The normalized spacial score (nSPS) is 27.8. The standard InChI is InChI=1S/C20H33N/c1-17(2)20(4)12-8-15-21(16-13-20)14-7-11-19-10-6-5-9-18(19)3/h9-10H,1,5-8,11-16H2,2-4H3. The van der Waals surface area contributed by atoms with E-state index in [2.05, 4.69) is 44.4 Å². The fourth-order valence-electron chi connectivity index (χ4n) is 3.63. The van der Waals surface area contributed by atoms with E-state index in [9.17, 15) is 0 Å². The number of hydrogen-bond acceptors (Lipinski definition) is 1. The number of nitrogens with zero attached hydrogens (tertiary/aromatic N) is 1. The molecule has 0 spiro atoms. The van der Waals surface area contributed by atoms with Gasteiger partial charge in [-0.2, -0.15) is 0 Å². The van der Waals surface area contributed by atoms with E-state index in [1.807, 2.05) is 0 Å². The summed E-state index contributed by atoms with van der Waals surface area (Å²) in [5.41, 5.74) is 4.87. The Hall–Kier alpha value is -0.820. The van der Waals surface area contributed by atoms with Crippen LogP contribution in [0.3, 0.4) is 0 Å². The summed E-state index contributed by atoms with van der Waals surface area (Å²) in [6.45, 7) is 14.9. The number of hydrogen-bond donors (Lipinski definition) is 0. The Morgan fingerprint density at radius 2 is 2.00 bits per heavy atom. The van der Waals surface area contributed by atoms with Crippen molar-refractivity contribution in [2.45, 2.75) is 65.7 Å². The van der Waals surface area contributed by atoms with E-state index in [0.717, 1.165) is 0 Å². The minimum atomic E-state index is 0.375. The zero-order valence-electron chi connectivity index (χ0n) is 14.4. The van der Waals surface area contributed by atoms with Gasteiger partial charge in [0, 0.05) is 0 Å². The predicted molar refractivity (Wildman–Crippen MR) is 93.5 cm³/mol. The average molecular weight is 287 g/mol. The van der Waals surface area contributed by atoms with Gasteiger partial charge in [-0.1, -0.05) is 36.8 Å². The summed E-state index contributed by atoms with van der Waals surface area (Å²) in [5, 5.41) is 0. The zero-order valence-corrected chi connectivity index (χ0v) is 14.4. The molecule has 0 aromatic carbocycles. The Bertz CT molecular complexity index is 429. The highest BCUT2D eigenvalue weighted by Crippen LogP contribution is 2.37. The molecule has 1 unspecified atom stereocenters. The van der Waals surface area contributed by atoms with Gasteiger partial charge in [0.15, 0.2) is 0 Å². The van der Waals surface area contributed by atoms with Gasteiger partial charge in [0.1, 0.15) is 0 Å². The fourth-order valence-corrected chi connectivity index (χ4v) is 3.63. The molecule has 2 rings (SSSR count). The van der Waals surface area contributed by atoms with Crippen molar-refractivity contribution in [3.8, 4) is 0 Å². The van der Waals surface area contributed by atoms with Crippen molar-refractivity contribution in [2.75, 3.05) is 19.6 Å².